The molecule has 4 rings (SSSR count). The second kappa shape index (κ2) is 7.10. The van der Waals surface area contributed by atoms with Crippen LogP contribution in [0, 0.1) is 0 Å². The maximum Gasteiger partial charge on any atom is 0.183 e. The summed E-state index contributed by atoms with van der Waals surface area (Å²) in [4.78, 5) is 0.569. The zero-order chi connectivity index (χ0) is 19.4. The lowest BCUT2D eigenvalue weighted by Crippen LogP contribution is -2.39. The van der Waals surface area contributed by atoms with Crippen LogP contribution in [-0.4, -0.2) is 27.5 Å². The van der Waals surface area contributed by atoms with Gasteiger partial charge in [-0.25, -0.2) is 0 Å². The monoisotopic (exact) mass is 404 g/mol. The second-order valence-corrected chi connectivity index (χ2v) is 19.5. The molecule has 2 saturated heterocycles. The summed E-state index contributed by atoms with van der Waals surface area (Å²) in [5.41, 5.74) is 3.98. The summed E-state index contributed by atoms with van der Waals surface area (Å²) in [6, 6.07) is 10.1. The molecule has 2 fully saturated rings. The molecular formula is C25H42P2+2. The van der Waals surface area contributed by atoms with Crippen molar-refractivity contribution < 1.29 is 0 Å². The molecule has 2 heteroatoms. The molecule has 0 aliphatic carbocycles. The van der Waals surface area contributed by atoms with E-state index in [0.717, 1.165) is 22.6 Å². The van der Waals surface area contributed by atoms with Gasteiger partial charge in [0, 0.05) is 13.8 Å². The molecule has 3 aliphatic heterocycles. The smallest absolute Gasteiger partial charge is 0.0616 e. The van der Waals surface area contributed by atoms with Crippen LogP contribution >= 0.6 is 14.5 Å². The van der Waals surface area contributed by atoms with Crippen molar-refractivity contribution in [2.75, 3.05) is 0 Å². The molecule has 0 bridgehead atoms. The fourth-order valence-corrected chi connectivity index (χ4v) is 28.1. The van der Waals surface area contributed by atoms with Gasteiger partial charge in [-0.05, 0) is 63.5 Å². The van der Waals surface area contributed by atoms with E-state index in [9.17, 15) is 0 Å². The number of rotatable bonds is 4. The Kier molecular flexibility index (Phi) is 5.35. The van der Waals surface area contributed by atoms with Gasteiger partial charge >= 0.3 is 0 Å². The third-order valence-electron chi connectivity index (χ3n) is 9.35. The van der Waals surface area contributed by atoms with Crippen LogP contribution in [0.1, 0.15) is 92.9 Å². The summed E-state index contributed by atoms with van der Waals surface area (Å²) in [5.74, 6) is 0. The topological polar surface area (TPSA) is 0 Å². The van der Waals surface area contributed by atoms with Gasteiger partial charge in [0.2, 0.25) is 0 Å². The Balaban J connectivity index is 2.08. The van der Waals surface area contributed by atoms with Gasteiger partial charge in [0.15, 0.2) is 4.90 Å². The Morgan fingerprint density at radius 1 is 0.667 bits per heavy atom. The average Bonchev–Trinajstić information content (AvgIpc) is 3.31. The van der Waals surface area contributed by atoms with Crippen LogP contribution in [0.25, 0.3) is 0 Å². The standard InChI is InChI=1S/C25H42P2/c1-7-19-15-16-20(8-2)26(19)23-13-11-12-14-24(23)27(25(26,5)6)21(9-3)17-18-22(27)10-4/h11-14,19-22H,7-10,15-18H2,1-6H3/q+2/t19-,20-,21-,22-/m0/s1. The molecule has 0 saturated carbocycles. The highest BCUT2D eigenvalue weighted by Gasteiger charge is 2.85. The minimum Gasteiger partial charge on any atom is -0.0616 e. The molecule has 0 radical (unpaired) electrons. The van der Waals surface area contributed by atoms with Gasteiger partial charge in [0.1, 0.15) is 25.1 Å². The molecule has 0 nitrogen and oxygen atoms in total. The molecular weight excluding hydrogens is 362 g/mol. The van der Waals surface area contributed by atoms with Crippen molar-refractivity contribution in [2.45, 2.75) is 120 Å². The number of hydrogen-bond donors (Lipinski definition) is 0. The second-order valence-electron chi connectivity index (χ2n) is 9.94. The first-order chi connectivity index (χ1) is 13.0. The zero-order valence-corrected chi connectivity index (χ0v) is 20.5. The minimum absolute atomic E-state index is 0.569. The highest BCUT2D eigenvalue weighted by Crippen LogP contribution is 2.99. The fraction of sp³-hybridized carbons (Fsp3) is 0.760. The maximum absolute atomic E-state index is 2.82. The SMILES string of the molecule is CC[C@H]1CC[C@H](CC)[P+]12c1ccccc1[P+]1([C@@H](CC)CC[C@@H]1CC)C2(C)C. The van der Waals surface area contributed by atoms with Crippen LogP contribution in [0.15, 0.2) is 24.3 Å². The maximum atomic E-state index is 2.82. The Morgan fingerprint density at radius 3 is 1.22 bits per heavy atom. The minimum atomic E-state index is -1.18. The molecule has 27 heavy (non-hydrogen) atoms. The van der Waals surface area contributed by atoms with Crippen molar-refractivity contribution in [1.29, 1.82) is 0 Å². The summed E-state index contributed by atoms with van der Waals surface area (Å²) in [6.07, 6.45) is 11.7. The van der Waals surface area contributed by atoms with E-state index in [1.807, 2.05) is 10.6 Å². The largest absolute Gasteiger partial charge is 0.183 e. The van der Waals surface area contributed by atoms with Gasteiger partial charge in [-0.2, -0.15) is 0 Å². The van der Waals surface area contributed by atoms with E-state index in [0.29, 0.717) is 4.90 Å². The van der Waals surface area contributed by atoms with E-state index in [1.165, 1.54) is 51.4 Å². The van der Waals surface area contributed by atoms with Gasteiger partial charge in [-0.15, -0.1) is 0 Å². The van der Waals surface area contributed by atoms with E-state index in [-0.39, 0.29) is 0 Å². The summed E-state index contributed by atoms with van der Waals surface area (Å²) < 4.78 is 0. The number of hydrogen-bond acceptors (Lipinski definition) is 0. The van der Waals surface area contributed by atoms with E-state index >= 15 is 0 Å². The first-order valence-electron chi connectivity index (χ1n) is 11.8. The Labute approximate surface area is 170 Å². The van der Waals surface area contributed by atoms with Crippen molar-refractivity contribution >= 4 is 25.1 Å². The molecule has 0 amide bonds. The van der Waals surface area contributed by atoms with Gasteiger partial charge in [0.05, 0.1) is 22.6 Å². The molecule has 3 aliphatic rings. The predicted octanol–water partition coefficient (Wildman–Crippen LogP) is 7.42. The first kappa shape index (κ1) is 20.4. The summed E-state index contributed by atoms with van der Waals surface area (Å²) in [7, 11) is -2.35. The number of fused-ring (bicyclic) bond motifs is 3. The van der Waals surface area contributed by atoms with Crippen LogP contribution in [0.3, 0.4) is 0 Å². The van der Waals surface area contributed by atoms with Gasteiger partial charge < -0.3 is 0 Å². The van der Waals surface area contributed by atoms with Gasteiger partial charge in [-0.1, -0.05) is 39.8 Å². The van der Waals surface area contributed by atoms with Crippen LogP contribution < -0.4 is 10.6 Å². The predicted molar refractivity (Wildman–Crippen MR) is 128 cm³/mol. The summed E-state index contributed by atoms with van der Waals surface area (Å²) in [5, 5.41) is 3.89. The van der Waals surface area contributed by atoms with Crippen molar-refractivity contribution in [2.24, 2.45) is 0 Å². The van der Waals surface area contributed by atoms with Gasteiger partial charge in [-0.3, -0.25) is 0 Å². The lowest BCUT2D eigenvalue weighted by molar-refractivity contribution is 0.696. The van der Waals surface area contributed by atoms with E-state index in [4.69, 9.17) is 0 Å². The van der Waals surface area contributed by atoms with Crippen molar-refractivity contribution in [3.63, 3.8) is 0 Å². The molecule has 150 valence electrons. The lowest BCUT2D eigenvalue weighted by Gasteiger charge is -2.46. The quantitative estimate of drug-likeness (QED) is 0.458. The van der Waals surface area contributed by atoms with Crippen molar-refractivity contribution in [3.05, 3.63) is 24.3 Å². The van der Waals surface area contributed by atoms with E-state index in [2.05, 4.69) is 65.8 Å². The van der Waals surface area contributed by atoms with Crippen LogP contribution in [-0.2, 0) is 0 Å². The van der Waals surface area contributed by atoms with Crippen LogP contribution in [0.5, 0.6) is 0 Å². The Hall–Kier alpha value is 0.0800. The lowest BCUT2D eigenvalue weighted by atomic mass is 10.1. The highest BCUT2D eigenvalue weighted by molar-refractivity contribution is 8.06. The zero-order valence-electron chi connectivity index (χ0n) is 18.7. The molecule has 3 heterocycles. The third kappa shape index (κ3) is 2.19. The molecule has 2 spiro atoms. The van der Waals surface area contributed by atoms with Crippen LogP contribution in [0.4, 0.5) is 0 Å². The normalized spacial score (nSPS) is 35.2. The highest BCUT2D eigenvalue weighted by atomic mass is 31.2. The van der Waals surface area contributed by atoms with E-state index in [1.54, 1.807) is 0 Å². The molecule has 4 atom stereocenters. The average molecular weight is 405 g/mol. The molecule has 0 N–H and O–H groups in total. The summed E-state index contributed by atoms with van der Waals surface area (Å²) in [6.45, 7) is 15.7. The Morgan fingerprint density at radius 2 is 0.963 bits per heavy atom. The van der Waals surface area contributed by atoms with Crippen LogP contribution in [0.2, 0.25) is 0 Å². The molecule has 0 unspecified atom stereocenters. The third-order valence-corrected chi connectivity index (χ3v) is 24.6. The summed E-state index contributed by atoms with van der Waals surface area (Å²) >= 11 is 0. The number of benzene rings is 1. The Bertz CT molecular complexity index is 610. The molecule has 1 aromatic rings. The van der Waals surface area contributed by atoms with E-state index < -0.39 is 14.5 Å². The van der Waals surface area contributed by atoms with Crippen molar-refractivity contribution in [3.8, 4) is 0 Å². The van der Waals surface area contributed by atoms with Crippen molar-refractivity contribution in [1.82, 2.24) is 0 Å². The van der Waals surface area contributed by atoms with Gasteiger partial charge in [0.25, 0.3) is 0 Å². The molecule has 1 aromatic carbocycles. The molecule has 0 aromatic heterocycles. The first-order valence-corrected chi connectivity index (χ1v) is 15.7. The fourth-order valence-electron chi connectivity index (χ4n) is 8.68.